The van der Waals surface area contributed by atoms with Crippen LogP contribution in [0.3, 0.4) is 0 Å². The Hall–Kier alpha value is 0.780. The number of allylic oxidation sites excluding steroid dienone is 1. The van der Waals surface area contributed by atoms with Crippen molar-refractivity contribution in [1.29, 1.82) is 0 Å². The second kappa shape index (κ2) is 6.30. The number of rotatable bonds is 5. The highest BCUT2D eigenvalue weighted by Crippen LogP contribution is 2.43. The molecule has 0 atom stereocenters. The minimum Gasteiger partial charge on any atom is -0.480 e. The maximum atomic E-state index is 8.84. The number of hydrogen-bond donors (Lipinski definition) is 2. The fourth-order valence-electron chi connectivity index (χ4n) is 0.870. The second-order valence-corrected chi connectivity index (χ2v) is 7.36. The molecule has 2 nitrogen and oxygen atoms in total. The van der Waals surface area contributed by atoms with Crippen LogP contribution < -0.4 is 0 Å². The van der Waals surface area contributed by atoms with Crippen molar-refractivity contribution in [3.05, 3.63) is 10.4 Å². The summed E-state index contributed by atoms with van der Waals surface area (Å²) >= 11 is 9.84. The fraction of sp³-hybridized carbons (Fsp3) is 0.750. The maximum absolute atomic E-state index is 8.84. The molecule has 0 aliphatic carbocycles. The zero-order valence-electron chi connectivity index (χ0n) is 7.36. The normalized spacial score (nSPS) is 11.4. The van der Waals surface area contributed by atoms with E-state index in [0.29, 0.717) is 4.48 Å². The first kappa shape index (κ1) is 13.8. The van der Waals surface area contributed by atoms with Gasteiger partial charge in [0.25, 0.3) is 5.95 Å². The molecule has 5 heteroatoms. The molecule has 0 rings (SSSR count). The Balaban J connectivity index is 4.15. The highest BCUT2D eigenvalue weighted by molar-refractivity contribution is 9.26. The van der Waals surface area contributed by atoms with Crippen molar-refractivity contribution in [2.75, 3.05) is 0 Å². The van der Waals surface area contributed by atoms with Gasteiger partial charge in [0.15, 0.2) is 0 Å². The molecule has 0 amide bonds. The Labute approximate surface area is 104 Å². The largest absolute Gasteiger partial charge is 0.480 e. The molecule has 0 aromatic carbocycles. The zero-order valence-corrected chi connectivity index (χ0v) is 12.1. The van der Waals surface area contributed by atoms with E-state index in [-0.39, 0.29) is 0 Å². The van der Waals surface area contributed by atoms with Crippen LogP contribution in [0.25, 0.3) is 0 Å². The van der Waals surface area contributed by atoms with Crippen LogP contribution in [0, 0.1) is 0 Å². The summed E-state index contributed by atoms with van der Waals surface area (Å²) in [6, 6.07) is 0. The Bertz CT molecular complexity index is 186. The topological polar surface area (TPSA) is 40.5 Å². The summed E-state index contributed by atoms with van der Waals surface area (Å²) in [5.41, 5.74) is 0. The molecule has 0 bridgehead atoms. The summed E-state index contributed by atoms with van der Waals surface area (Å²) in [7, 11) is 0. The molecule has 0 aliphatic heterocycles. The van der Waals surface area contributed by atoms with Crippen molar-refractivity contribution < 1.29 is 10.2 Å². The van der Waals surface area contributed by atoms with Gasteiger partial charge in [0.05, 0.1) is 0 Å². The predicted octanol–water partition coefficient (Wildman–Crippen LogP) is 4.73. The molecule has 0 saturated carbocycles. The molecule has 0 aliphatic rings. The lowest BCUT2D eigenvalue weighted by molar-refractivity contribution is 0.187. The minimum atomic E-state index is -0.690. The van der Waals surface area contributed by atoms with Gasteiger partial charge in [-0.3, -0.25) is 0 Å². The minimum absolute atomic E-state index is 0.330. The van der Waals surface area contributed by atoms with Crippen LogP contribution in [0.15, 0.2) is 10.4 Å². The summed E-state index contributed by atoms with van der Waals surface area (Å²) < 4.78 is -0.218. The first-order chi connectivity index (χ1) is 5.91. The summed E-state index contributed by atoms with van der Waals surface area (Å²) in [6.45, 7) is 2.12. The lowest BCUT2D eigenvalue weighted by atomic mass is 10.1. The molecular weight excluding hydrogens is 368 g/mol. The summed E-state index contributed by atoms with van der Waals surface area (Å²) in [6.07, 6.45) is 4.09. The van der Waals surface area contributed by atoms with Crippen molar-refractivity contribution >= 4 is 47.8 Å². The van der Waals surface area contributed by atoms with Crippen molar-refractivity contribution in [2.24, 2.45) is 0 Å². The first-order valence-electron chi connectivity index (χ1n) is 4.07. The number of aliphatic hydroxyl groups is 2. The first-order valence-corrected chi connectivity index (χ1v) is 6.45. The second-order valence-electron chi connectivity index (χ2n) is 2.80. The van der Waals surface area contributed by atoms with E-state index < -0.39 is 9.18 Å². The van der Waals surface area contributed by atoms with Gasteiger partial charge in [0.1, 0.15) is 7.72 Å². The van der Waals surface area contributed by atoms with Gasteiger partial charge in [-0.05, 0) is 22.4 Å². The third-order valence-corrected chi connectivity index (χ3v) is 5.29. The van der Waals surface area contributed by atoms with Gasteiger partial charge in [0.2, 0.25) is 0 Å². The van der Waals surface area contributed by atoms with Crippen LogP contribution >= 0.6 is 47.8 Å². The van der Waals surface area contributed by atoms with E-state index in [1.165, 1.54) is 0 Å². The quantitative estimate of drug-likeness (QED) is 0.411. The molecule has 0 fully saturated rings. The van der Waals surface area contributed by atoms with Gasteiger partial charge in [-0.1, -0.05) is 58.0 Å². The number of hydrogen-bond acceptors (Lipinski definition) is 2. The van der Waals surface area contributed by atoms with Gasteiger partial charge in [-0.2, -0.15) is 0 Å². The molecule has 0 spiro atoms. The van der Waals surface area contributed by atoms with Crippen LogP contribution in [-0.2, 0) is 0 Å². The van der Waals surface area contributed by atoms with Gasteiger partial charge < -0.3 is 10.2 Å². The molecule has 2 N–H and O–H groups in total. The Morgan fingerprint density at radius 3 is 2.15 bits per heavy atom. The SMILES string of the molecule is CCCCCC(Br)(Br)C(Br)=C(O)O. The van der Waals surface area contributed by atoms with Gasteiger partial charge in [0, 0.05) is 0 Å². The average molecular weight is 381 g/mol. The van der Waals surface area contributed by atoms with Gasteiger partial charge >= 0.3 is 0 Å². The van der Waals surface area contributed by atoms with Gasteiger partial charge in [-0.15, -0.1) is 0 Å². The average Bonchev–Trinajstić information content (AvgIpc) is 2.03. The number of alkyl halides is 2. The Kier molecular flexibility index (Phi) is 6.68. The van der Waals surface area contributed by atoms with Crippen LogP contribution in [0.4, 0.5) is 0 Å². The molecule has 0 aromatic heterocycles. The number of halogens is 3. The van der Waals surface area contributed by atoms with E-state index in [4.69, 9.17) is 10.2 Å². The van der Waals surface area contributed by atoms with Crippen LogP contribution in [0.1, 0.15) is 32.6 Å². The highest BCUT2D eigenvalue weighted by atomic mass is 79.9. The monoisotopic (exact) mass is 378 g/mol. The third kappa shape index (κ3) is 5.27. The van der Waals surface area contributed by atoms with Crippen LogP contribution in [0.5, 0.6) is 0 Å². The van der Waals surface area contributed by atoms with E-state index in [0.717, 1.165) is 25.7 Å². The Morgan fingerprint density at radius 1 is 1.23 bits per heavy atom. The van der Waals surface area contributed by atoms with E-state index in [1.54, 1.807) is 0 Å². The van der Waals surface area contributed by atoms with E-state index in [9.17, 15) is 0 Å². The lowest BCUT2D eigenvalue weighted by Crippen LogP contribution is -2.13. The summed E-state index contributed by atoms with van der Waals surface area (Å²) in [5.74, 6) is -0.690. The predicted molar refractivity (Wildman–Crippen MR) is 65.9 cm³/mol. The zero-order chi connectivity index (χ0) is 10.5. The van der Waals surface area contributed by atoms with Crippen molar-refractivity contribution in [3.8, 4) is 0 Å². The van der Waals surface area contributed by atoms with Crippen LogP contribution in [-0.4, -0.2) is 13.4 Å². The molecule has 0 aromatic rings. The molecule has 0 radical (unpaired) electrons. The fourth-order valence-corrected chi connectivity index (χ4v) is 1.98. The number of aliphatic hydroxyl groups excluding tert-OH is 1. The van der Waals surface area contributed by atoms with E-state index in [1.807, 2.05) is 0 Å². The molecule has 0 heterocycles. The molecule has 78 valence electrons. The van der Waals surface area contributed by atoms with Crippen molar-refractivity contribution in [1.82, 2.24) is 0 Å². The van der Waals surface area contributed by atoms with E-state index >= 15 is 0 Å². The number of unbranched alkanes of at least 4 members (excludes halogenated alkanes) is 2. The maximum Gasteiger partial charge on any atom is 0.287 e. The molecule has 13 heavy (non-hydrogen) atoms. The molecule has 0 saturated heterocycles. The lowest BCUT2D eigenvalue weighted by Gasteiger charge is -2.19. The highest BCUT2D eigenvalue weighted by Gasteiger charge is 2.29. The van der Waals surface area contributed by atoms with Gasteiger partial charge in [-0.25, -0.2) is 0 Å². The molecule has 0 unspecified atom stereocenters. The van der Waals surface area contributed by atoms with Crippen molar-refractivity contribution in [3.63, 3.8) is 0 Å². The summed E-state index contributed by atoms with van der Waals surface area (Å²) in [4.78, 5) is 0. The van der Waals surface area contributed by atoms with E-state index in [2.05, 4.69) is 54.7 Å². The van der Waals surface area contributed by atoms with Crippen LogP contribution in [0.2, 0.25) is 0 Å². The van der Waals surface area contributed by atoms with Crippen molar-refractivity contribution in [2.45, 2.75) is 35.8 Å². The molecular formula is C8H13Br3O2. The third-order valence-electron chi connectivity index (χ3n) is 1.61. The Morgan fingerprint density at radius 2 is 1.77 bits per heavy atom. The smallest absolute Gasteiger partial charge is 0.287 e. The standard InChI is InChI=1S/C8H13Br3O2/c1-2-3-4-5-8(10,11)6(9)7(12)13/h12-13H,2-5H2,1H3. The summed E-state index contributed by atoms with van der Waals surface area (Å²) in [5, 5.41) is 17.7.